The van der Waals surface area contributed by atoms with Crippen LogP contribution in [0, 0.1) is 10.1 Å². The van der Waals surface area contributed by atoms with Gasteiger partial charge in [0.05, 0.1) is 39.1 Å². The van der Waals surface area contributed by atoms with Gasteiger partial charge in [0.15, 0.2) is 5.75 Å². The van der Waals surface area contributed by atoms with Gasteiger partial charge in [0.25, 0.3) is 5.91 Å². The summed E-state index contributed by atoms with van der Waals surface area (Å²) < 4.78 is 20.6. The van der Waals surface area contributed by atoms with Gasteiger partial charge in [0, 0.05) is 17.4 Å². The van der Waals surface area contributed by atoms with Crippen LogP contribution in [0.5, 0.6) is 17.2 Å². The van der Waals surface area contributed by atoms with Crippen molar-refractivity contribution >= 4 is 29.0 Å². The Morgan fingerprint density at radius 2 is 1.62 bits per heavy atom. The predicted octanol–water partition coefficient (Wildman–Crippen LogP) is 3.79. The van der Waals surface area contributed by atoms with E-state index in [9.17, 15) is 19.7 Å². The van der Waals surface area contributed by atoms with Gasteiger partial charge in [-0.3, -0.25) is 14.9 Å². The number of urea groups is 1. The number of amides is 3. The number of hydrogen-bond acceptors (Lipinski definition) is 8. The fraction of sp³-hybridized carbons (Fsp3) is 0.182. The third-order valence-corrected chi connectivity index (χ3v) is 4.63. The monoisotopic (exact) mass is 470 g/mol. The van der Waals surface area contributed by atoms with Crippen molar-refractivity contribution in [2.75, 3.05) is 32.0 Å². The average Bonchev–Trinajstić information content (AvgIpc) is 3.36. The van der Waals surface area contributed by atoms with Gasteiger partial charge in [-0.25, -0.2) is 4.79 Å². The lowest BCUT2D eigenvalue weighted by Crippen LogP contribution is -2.27. The molecular weight excluding hydrogens is 448 g/mol. The molecule has 0 aliphatic carbocycles. The molecule has 0 bridgehead atoms. The number of anilines is 2. The minimum absolute atomic E-state index is 0.00555. The number of benzene rings is 2. The van der Waals surface area contributed by atoms with Crippen LogP contribution < -0.4 is 30.2 Å². The van der Waals surface area contributed by atoms with Gasteiger partial charge in [0.2, 0.25) is 11.5 Å². The molecule has 0 aliphatic rings. The lowest BCUT2D eigenvalue weighted by atomic mass is 10.1. The van der Waals surface area contributed by atoms with E-state index in [-0.39, 0.29) is 29.4 Å². The maximum atomic E-state index is 12.9. The second-order valence-corrected chi connectivity index (χ2v) is 6.72. The largest absolute Gasteiger partial charge is 0.493 e. The number of carbonyl (C=O) groups is 2. The molecule has 3 N–H and O–H groups in total. The summed E-state index contributed by atoms with van der Waals surface area (Å²) in [4.78, 5) is 35.8. The van der Waals surface area contributed by atoms with Crippen molar-refractivity contribution in [1.82, 2.24) is 5.32 Å². The molecule has 3 amide bonds. The number of rotatable bonds is 9. The van der Waals surface area contributed by atoms with E-state index in [0.717, 1.165) is 0 Å². The van der Waals surface area contributed by atoms with Crippen molar-refractivity contribution < 1.29 is 33.1 Å². The van der Waals surface area contributed by atoms with Crippen molar-refractivity contribution in [1.29, 1.82) is 0 Å². The molecule has 2 aromatic carbocycles. The number of nitrogens with zero attached hydrogens (tertiary/aromatic N) is 1. The fourth-order valence-corrected chi connectivity index (χ4v) is 3.09. The number of ether oxygens (including phenoxy) is 3. The standard InChI is InChI=1S/C22H22N4O8/c1-31-17-11-16(18(26(29)30)20(33-3)19(17)32-2)21(27)24-13-6-8-14(9-7-13)25-22(28)23-12-15-5-4-10-34-15/h4-11H,12H2,1-3H3,(H,24,27)(H2,23,25,28). The van der Waals surface area contributed by atoms with Crippen molar-refractivity contribution in [3.63, 3.8) is 0 Å². The summed E-state index contributed by atoms with van der Waals surface area (Å²) >= 11 is 0. The normalized spacial score (nSPS) is 10.2. The van der Waals surface area contributed by atoms with Crippen LogP contribution in [0.15, 0.2) is 53.1 Å². The second-order valence-electron chi connectivity index (χ2n) is 6.72. The molecular formula is C22H22N4O8. The van der Waals surface area contributed by atoms with E-state index >= 15 is 0 Å². The Morgan fingerprint density at radius 3 is 2.15 bits per heavy atom. The molecule has 0 fully saturated rings. The topological polar surface area (TPSA) is 154 Å². The molecule has 1 heterocycles. The van der Waals surface area contributed by atoms with Crippen LogP contribution in [0.4, 0.5) is 21.9 Å². The van der Waals surface area contributed by atoms with E-state index in [2.05, 4.69) is 16.0 Å². The molecule has 3 aromatic rings. The first kappa shape index (κ1) is 23.9. The summed E-state index contributed by atoms with van der Waals surface area (Å²) in [6, 6.07) is 10.4. The molecule has 0 saturated heterocycles. The SMILES string of the molecule is COc1cc(C(=O)Nc2ccc(NC(=O)NCc3ccco3)cc2)c([N+](=O)[O-])c(OC)c1OC. The van der Waals surface area contributed by atoms with Gasteiger partial charge in [-0.15, -0.1) is 0 Å². The zero-order valence-corrected chi connectivity index (χ0v) is 18.5. The summed E-state index contributed by atoms with van der Waals surface area (Å²) in [6.45, 7) is 0.223. The second kappa shape index (κ2) is 10.7. The van der Waals surface area contributed by atoms with Gasteiger partial charge in [-0.2, -0.15) is 0 Å². The first-order valence-electron chi connectivity index (χ1n) is 9.84. The highest BCUT2D eigenvalue weighted by Gasteiger charge is 2.32. The summed E-state index contributed by atoms with van der Waals surface area (Å²) in [5.74, 6) is -0.307. The number of furan rings is 1. The highest BCUT2D eigenvalue weighted by molar-refractivity contribution is 6.08. The van der Waals surface area contributed by atoms with E-state index in [1.165, 1.54) is 45.8 Å². The van der Waals surface area contributed by atoms with Crippen LogP contribution in [0.25, 0.3) is 0 Å². The van der Waals surface area contributed by atoms with Crippen LogP contribution in [0.2, 0.25) is 0 Å². The van der Waals surface area contributed by atoms with Gasteiger partial charge in [-0.05, 0) is 36.4 Å². The van der Waals surface area contributed by atoms with Crippen LogP contribution >= 0.6 is 0 Å². The third-order valence-electron chi connectivity index (χ3n) is 4.63. The number of hydrogen-bond donors (Lipinski definition) is 3. The van der Waals surface area contributed by atoms with Gasteiger partial charge >= 0.3 is 11.7 Å². The summed E-state index contributed by atoms with van der Waals surface area (Å²) in [6.07, 6.45) is 1.51. The van der Waals surface area contributed by atoms with E-state index in [1.54, 1.807) is 24.3 Å². The Hall–Kier alpha value is -4.74. The smallest absolute Gasteiger partial charge is 0.327 e. The lowest BCUT2D eigenvalue weighted by Gasteiger charge is -2.15. The molecule has 0 saturated carbocycles. The molecule has 0 spiro atoms. The lowest BCUT2D eigenvalue weighted by molar-refractivity contribution is -0.386. The molecule has 12 heteroatoms. The summed E-state index contributed by atoms with van der Waals surface area (Å²) in [7, 11) is 3.86. The van der Waals surface area contributed by atoms with Crippen molar-refractivity contribution in [3.05, 3.63) is 70.2 Å². The minimum atomic E-state index is -0.761. The van der Waals surface area contributed by atoms with Gasteiger partial charge in [0.1, 0.15) is 11.3 Å². The predicted molar refractivity (Wildman–Crippen MR) is 122 cm³/mol. The molecule has 0 atom stereocenters. The van der Waals surface area contributed by atoms with Gasteiger partial charge < -0.3 is 34.6 Å². The molecule has 3 rings (SSSR count). The van der Waals surface area contributed by atoms with Gasteiger partial charge in [-0.1, -0.05) is 0 Å². The zero-order chi connectivity index (χ0) is 24.7. The number of nitrogens with one attached hydrogen (secondary N) is 3. The molecule has 178 valence electrons. The van der Waals surface area contributed by atoms with Crippen molar-refractivity contribution in [3.8, 4) is 17.2 Å². The zero-order valence-electron chi connectivity index (χ0n) is 18.5. The molecule has 0 radical (unpaired) electrons. The number of methoxy groups -OCH3 is 3. The van der Waals surface area contributed by atoms with Crippen molar-refractivity contribution in [2.24, 2.45) is 0 Å². The molecule has 1 aromatic heterocycles. The summed E-state index contributed by atoms with van der Waals surface area (Å²) in [5, 5.41) is 19.6. The first-order chi connectivity index (χ1) is 16.4. The highest BCUT2D eigenvalue weighted by atomic mass is 16.6. The van der Waals surface area contributed by atoms with E-state index in [4.69, 9.17) is 18.6 Å². The van der Waals surface area contributed by atoms with Crippen LogP contribution in [-0.2, 0) is 6.54 Å². The number of nitro groups is 1. The highest BCUT2D eigenvalue weighted by Crippen LogP contribution is 2.46. The summed E-state index contributed by atoms with van der Waals surface area (Å²) in [5.41, 5.74) is -0.0357. The Morgan fingerprint density at radius 1 is 0.971 bits per heavy atom. The molecule has 0 aliphatic heterocycles. The molecule has 0 unspecified atom stereocenters. The Kier molecular flexibility index (Phi) is 7.54. The first-order valence-corrected chi connectivity index (χ1v) is 9.84. The van der Waals surface area contributed by atoms with E-state index in [0.29, 0.717) is 17.1 Å². The average molecular weight is 470 g/mol. The minimum Gasteiger partial charge on any atom is -0.493 e. The maximum absolute atomic E-state index is 12.9. The third kappa shape index (κ3) is 5.35. The molecule has 12 nitrogen and oxygen atoms in total. The molecule has 34 heavy (non-hydrogen) atoms. The van der Waals surface area contributed by atoms with Crippen LogP contribution in [0.1, 0.15) is 16.1 Å². The quantitative estimate of drug-likeness (QED) is 0.315. The van der Waals surface area contributed by atoms with Crippen LogP contribution in [0.3, 0.4) is 0 Å². The fourth-order valence-electron chi connectivity index (χ4n) is 3.09. The maximum Gasteiger partial charge on any atom is 0.327 e. The Balaban J connectivity index is 1.74. The number of carbonyl (C=O) groups excluding carboxylic acids is 2. The Bertz CT molecular complexity index is 1180. The van der Waals surface area contributed by atoms with E-state index in [1.807, 2.05) is 0 Å². The van der Waals surface area contributed by atoms with Crippen molar-refractivity contribution in [2.45, 2.75) is 6.54 Å². The van der Waals surface area contributed by atoms with Crippen LogP contribution in [-0.4, -0.2) is 38.2 Å². The number of nitro benzene ring substituents is 1. The van der Waals surface area contributed by atoms with E-state index < -0.39 is 22.5 Å². The Labute approximate surface area is 193 Å².